The number of amides is 3. The summed E-state index contributed by atoms with van der Waals surface area (Å²) >= 11 is 1.58. The van der Waals surface area contributed by atoms with Crippen LogP contribution in [0.3, 0.4) is 0 Å². The Kier molecular flexibility index (Phi) is 6.76. The lowest BCUT2D eigenvalue weighted by atomic mass is 9.96. The highest BCUT2D eigenvalue weighted by molar-refractivity contribution is 7.98. The molecule has 0 spiro atoms. The van der Waals surface area contributed by atoms with Gasteiger partial charge in [0.05, 0.1) is 5.56 Å². The van der Waals surface area contributed by atoms with Gasteiger partial charge in [-0.2, -0.15) is 0 Å². The molecule has 1 aliphatic heterocycles. The molecule has 6 heteroatoms. The molecule has 1 fully saturated rings. The number of urea groups is 1. The van der Waals surface area contributed by atoms with E-state index in [1.807, 2.05) is 56.2 Å². The number of thioether (sulfide) groups is 1. The summed E-state index contributed by atoms with van der Waals surface area (Å²) < 4.78 is 0. The van der Waals surface area contributed by atoms with E-state index in [4.69, 9.17) is 0 Å². The van der Waals surface area contributed by atoms with Gasteiger partial charge in [0.2, 0.25) is 0 Å². The van der Waals surface area contributed by atoms with Crippen LogP contribution >= 0.6 is 11.8 Å². The first-order valence-electron chi connectivity index (χ1n) is 8.78. The minimum Gasteiger partial charge on any atom is -0.352 e. The van der Waals surface area contributed by atoms with Gasteiger partial charge in [-0.15, -0.1) is 11.8 Å². The van der Waals surface area contributed by atoms with Gasteiger partial charge in [-0.3, -0.25) is 4.79 Å². The van der Waals surface area contributed by atoms with Crippen molar-refractivity contribution in [2.45, 2.75) is 44.0 Å². The van der Waals surface area contributed by atoms with Gasteiger partial charge in [0.25, 0.3) is 5.91 Å². The molecule has 1 heterocycles. The fraction of sp³-hybridized carbons (Fsp3) is 0.579. The van der Waals surface area contributed by atoms with E-state index in [1.165, 1.54) is 0 Å². The molecule has 25 heavy (non-hydrogen) atoms. The summed E-state index contributed by atoms with van der Waals surface area (Å²) in [4.78, 5) is 27.4. The Morgan fingerprint density at radius 3 is 2.44 bits per heavy atom. The summed E-state index contributed by atoms with van der Waals surface area (Å²) in [7, 11) is 0. The highest BCUT2D eigenvalue weighted by Gasteiger charge is 2.25. The van der Waals surface area contributed by atoms with E-state index in [2.05, 4.69) is 10.6 Å². The van der Waals surface area contributed by atoms with Crippen molar-refractivity contribution in [3.05, 3.63) is 29.8 Å². The number of piperidine rings is 1. The Morgan fingerprint density at radius 1 is 1.20 bits per heavy atom. The van der Waals surface area contributed by atoms with Crippen molar-refractivity contribution in [3.8, 4) is 0 Å². The van der Waals surface area contributed by atoms with Gasteiger partial charge in [-0.25, -0.2) is 4.79 Å². The molecule has 1 aromatic rings. The standard InChI is InChI=1S/C19H29N3O2S/c1-19(2,3)21-18(24)22-11-9-14(10-12-22)13-20-17(23)15-7-5-6-8-16(15)25-4/h5-8,14H,9-13H2,1-4H3,(H,20,23)(H,21,24). The molecule has 0 unspecified atom stereocenters. The molecule has 138 valence electrons. The third kappa shape index (κ3) is 5.96. The molecule has 0 aliphatic carbocycles. The molecule has 0 radical (unpaired) electrons. The van der Waals surface area contributed by atoms with Crippen molar-refractivity contribution in [1.29, 1.82) is 0 Å². The molecule has 0 bridgehead atoms. The zero-order valence-electron chi connectivity index (χ0n) is 15.6. The summed E-state index contributed by atoms with van der Waals surface area (Å²) in [5.74, 6) is 0.405. The zero-order valence-corrected chi connectivity index (χ0v) is 16.4. The molecule has 1 saturated heterocycles. The third-order valence-corrected chi connectivity index (χ3v) is 5.08. The van der Waals surface area contributed by atoms with Gasteiger partial charge < -0.3 is 15.5 Å². The van der Waals surface area contributed by atoms with Gasteiger partial charge in [0, 0.05) is 30.1 Å². The first-order valence-corrected chi connectivity index (χ1v) is 10.0. The van der Waals surface area contributed by atoms with Crippen LogP contribution in [-0.4, -0.2) is 48.3 Å². The van der Waals surface area contributed by atoms with Gasteiger partial charge in [-0.1, -0.05) is 12.1 Å². The summed E-state index contributed by atoms with van der Waals surface area (Å²) in [5.41, 5.74) is 0.518. The Labute approximate surface area is 154 Å². The predicted octanol–water partition coefficient (Wildman–Crippen LogP) is 3.36. The van der Waals surface area contributed by atoms with Crippen molar-refractivity contribution >= 4 is 23.7 Å². The lowest BCUT2D eigenvalue weighted by Crippen LogP contribution is -2.51. The maximum Gasteiger partial charge on any atom is 0.317 e. The van der Waals surface area contributed by atoms with Crippen LogP contribution < -0.4 is 10.6 Å². The minimum atomic E-state index is -0.216. The van der Waals surface area contributed by atoms with Crippen molar-refractivity contribution < 1.29 is 9.59 Å². The number of nitrogens with one attached hydrogen (secondary N) is 2. The highest BCUT2D eigenvalue weighted by atomic mass is 32.2. The predicted molar refractivity (Wildman–Crippen MR) is 103 cm³/mol. The van der Waals surface area contributed by atoms with Crippen LogP contribution in [0.4, 0.5) is 4.79 Å². The lowest BCUT2D eigenvalue weighted by Gasteiger charge is -2.34. The Balaban J connectivity index is 1.79. The van der Waals surface area contributed by atoms with Crippen LogP contribution in [0.15, 0.2) is 29.2 Å². The Morgan fingerprint density at radius 2 is 1.84 bits per heavy atom. The molecule has 0 atom stereocenters. The van der Waals surface area contributed by atoms with E-state index in [1.54, 1.807) is 11.8 Å². The zero-order chi connectivity index (χ0) is 18.4. The Bertz CT molecular complexity index is 605. The number of rotatable bonds is 4. The smallest absolute Gasteiger partial charge is 0.317 e. The first kappa shape index (κ1) is 19.6. The largest absolute Gasteiger partial charge is 0.352 e. The molecule has 1 aromatic carbocycles. The molecule has 0 saturated carbocycles. The van der Waals surface area contributed by atoms with Crippen LogP contribution in [-0.2, 0) is 0 Å². The SMILES string of the molecule is CSc1ccccc1C(=O)NCC1CCN(C(=O)NC(C)(C)C)CC1. The molecule has 0 aromatic heterocycles. The quantitative estimate of drug-likeness (QED) is 0.807. The number of nitrogens with zero attached hydrogens (tertiary/aromatic N) is 1. The van der Waals surface area contributed by atoms with Crippen molar-refractivity contribution in [3.63, 3.8) is 0 Å². The molecule has 5 nitrogen and oxygen atoms in total. The van der Waals surface area contributed by atoms with Crippen LogP contribution in [0.5, 0.6) is 0 Å². The average Bonchev–Trinajstić information content (AvgIpc) is 2.58. The number of hydrogen-bond donors (Lipinski definition) is 2. The molecule has 2 rings (SSSR count). The second-order valence-corrected chi connectivity index (χ2v) is 8.37. The van der Waals surface area contributed by atoms with Gasteiger partial charge in [0.1, 0.15) is 0 Å². The maximum absolute atomic E-state index is 12.4. The number of benzene rings is 1. The average molecular weight is 364 g/mol. The van der Waals surface area contributed by atoms with Crippen LogP contribution in [0.25, 0.3) is 0 Å². The van der Waals surface area contributed by atoms with Crippen molar-refractivity contribution in [2.75, 3.05) is 25.9 Å². The fourth-order valence-electron chi connectivity index (χ4n) is 2.90. The molecule has 1 aliphatic rings. The maximum atomic E-state index is 12.4. The summed E-state index contributed by atoms with van der Waals surface area (Å²) in [6, 6.07) is 7.66. The van der Waals surface area contributed by atoms with Crippen LogP contribution in [0.1, 0.15) is 44.0 Å². The van der Waals surface area contributed by atoms with Crippen molar-refractivity contribution in [1.82, 2.24) is 15.5 Å². The van der Waals surface area contributed by atoms with E-state index >= 15 is 0 Å². The minimum absolute atomic E-state index is 0.00360. The monoisotopic (exact) mass is 363 g/mol. The molecular formula is C19H29N3O2S. The molecular weight excluding hydrogens is 334 g/mol. The highest BCUT2D eigenvalue weighted by Crippen LogP contribution is 2.21. The van der Waals surface area contributed by atoms with Crippen LogP contribution in [0, 0.1) is 5.92 Å². The summed E-state index contributed by atoms with van der Waals surface area (Å²) in [6.07, 6.45) is 3.81. The van der Waals surface area contributed by atoms with E-state index in [-0.39, 0.29) is 17.5 Å². The molecule has 3 amide bonds. The normalized spacial score (nSPS) is 15.8. The Hall–Kier alpha value is -1.69. The van der Waals surface area contributed by atoms with Crippen LogP contribution in [0.2, 0.25) is 0 Å². The van der Waals surface area contributed by atoms with E-state index in [9.17, 15) is 9.59 Å². The number of carbonyl (C=O) groups is 2. The van der Waals surface area contributed by atoms with E-state index < -0.39 is 0 Å². The lowest BCUT2D eigenvalue weighted by molar-refractivity contribution is 0.0934. The summed E-state index contributed by atoms with van der Waals surface area (Å²) in [6.45, 7) is 8.10. The van der Waals surface area contributed by atoms with E-state index in [0.29, 0.717) is 12.5 Å². The fourth-order valence-corrected chi connectivity index (χ4v) is 3.50. The van der Waals surface area contributed by atoms with Gasteiger partial charge in [-0.05, 0) is 57.9 Å². The molecule has 2 N–H and O–H groups in total. The third-order valence-electron chi connectivity index (χ3n) is 4.29. The van der Waals surface area contributed by atoms with Crippen molar-refractivity contribution in [2.24, 2.45) is 5.92 Å². The summed E-state index contributed by atoms with van der Waals surface area (Å²) in [5, 5.41) is 6.06. The second kappa shape index (κ2) is 8.61. The first-order chi connectivity index (χ1) is 11.8. The number of likely N-dealkylation sites (tertiary alicyclic amines) is 1. The van der Waals surface area contributed by atoms with Gasteiger partial charge in [0.15, 0.2) is 0 Å². The van der Waals surface area contributed by atoms with E-state index in [0.717, 1.165) is 36.4 Å². The number of carbonyl (C=O) groups excluding carboxylic acids is 2. The van der Waals surface area contributed by atoms with Gasteiger partial charge >= 0.3 is 6.03 Å². The second-order valence-electron chi connectivity index (χ2n) is 7.52. The number of hydrogen-bond acceptors (Lipinski definition) is 3. The topological polar surface area (TPSA) is 61.4 Å².